The minimum Gasteiger partial charge on any atom is -0.340 e. The Morgan fingerprint density at radius 2 is 2.47 bits per heavy atom. The average Bonchev–Trinajstić information content (AvgIpc) is 2.66. The lowest BCUT2D eigenvalue weighted by Gasteiger charge is -2.17. The summed E-state index contributed by atoms with van der Waals surface area (Å²) in [5.41, 5.74) is 0. The van der Waals surface area contributed by atoms with Crippen LogP contribution in [0.2, 0.25) is 0 Å². The summed E-state index contributed by atoms with van der Waals surface area (Å²) in [4.78, 5) is 4.14. The summed E-state index contributed by atoms with van der Waals surface area (Å²) in [6.45, 7) is 3.55. The topological polar surface area (TPSA) is 51.0 Å². The van der Waals surface area contributed by atoms with Crippen molar-refractivity contribution in [3.05, 3.63) is 23.9 Å². The second-order valence-corrected chi connectivity index (χ2v) is 4.01. The van der Waals surface area contributed by atoms with Crippen LogP contribution in [0.3, 0.4) is 0 Å². The van der Waals surface area contributed by atoms with E-state index in [1.165, 1.54) is 19.3 Å². The van der Waals surface area contributed by atoms with Crippen LogP contribution in [0.4, 0.5) is 0 Å². The van der Waals surface area contributed by atoms with Crippen molar-refractivity contribution in [1.29, 1.82) is 0 Å². The molecule has 1 unspecified atom stereocenters. The smallest absolute Gasteiger partial charge is 0.223 e. The molecule has 0 fully saturated rings. The highest BCUT2D eigenvalue weighted by Crippen LogP contribution is 2.16. The number of nitrogens with one attached hydrogen (secondary N) is 1. The van der Waals surface area contributed by atoms with Crippen molar-refractivity contribution >= 4 is 0 Å². The van der Waals surface area contributed by atoms with Crippen LogP contribution in [-0.2, 0) is 6.54 Å². The molecule has 1 aromatic heterocycles. The summed E-state index contributed by atoms with van der Waals surface area (Å²) in [7, 11) is 0. The lowest BCUT2D eigenvalue weighted by Crippen LogP contribution is -2.23. The molecule has 82 valence electrons. The Morgan fingerprint density at radius 1 is 1.53 bits per heavy atom. The van der Waals surface area contributed by atoms with E-state index in [1.807, 2.05) is 6.92 Å². The Bertz CT molecular complexity index is 332. The molecule has 0 aromatic carbocycles. The fourth-order valence-electron chi connectivity index (χ4n) is 1.84. The van der Waals surface area contributed by atoms with Gasteiger partial charge in [-0.05, 0) is 31.7 Å². The van der Waals surface area contributed by atoms with Crippen molar-refractivity contribution in [1.82, 2.24) is 15.5 Å². The number of nitrogens with zero attached hydrogens (tertiary/aromatic N) is 2. The minimum absolute atomic E-state index is 0.632. The molecule has 0 aliphatic heterocycles. The Kier molecular flexibility index (Phi) is 3.50. The van der Waals surface area contributed by atoms with Gasteiger partial charge in [-0.25, -0.2) is 0 Å². The maximum absolute atomic E-state index is 4.89. The number of allylic oxidation sites excluding steroid dienone is 2. The van der Waals surface area contributed by atoms with E-state index in [9.17, 15) is 0 Å². The Hall–Kier alpha value is -1.16. The van der Waals surface area contributed by atoms with Crippen LogP contribution in [0.1, 0.15) is 31.0 Å². The Morgan fingerprint density at radius 3 is 3.13 bits per heavy atom. The van der Waals surface area contributed by atoms with Crippen LogP contribution < -0.4 is 5.32 Å². The fraction of sp³-hybridized carbons (Fsp3) is 0.636. The molecule has 0 bridgehead atoms. The van der Waals surface area contributed by atoms with Crippen molar-refractivity contribution in [2.24, 2.45) is 5.92 Å². The second-order valence-electron chi connectivity index (χ2n) is 4.01. The molecular formula is C11H17N3O. The van der Waals surface area contributed by atoms with E-state index < -0.39 is 0 Å². The zero-order valence-corrected chi connectivity index (χ0v) is 9.07. The largest absolute Gasteiger partial charge is 0.340 e. The first-order valence-electron chi connectivity index (χ1n) is 5.49. The molecule has 2 rings (SSSR count). The van der Waals surface area contributed by atoms with E-state index in [4.69, 9.17) is 4.52 Å². The highest BCUT2D eigenvalue weighted by molar-refractivity contribution is 4.91. The molecule has 1 aliphatic carbocycles. The van der Waals surface area contributed by atoms with E-state index in [1.54, 1.807) is 0 Å². The van der Waals surface area contributed by atoms with Crippen molar-refractivity contribution in [2.75, 3.05) is 6.54 Å². The van der Waals surface area contributed by atoms with Gasteiger partial charge in [-0.3, -0.25) is 0 Å². The summed E-state index contributed by atoms with van der Waals surface area (Å²) < 4.78 is 4.89. The van der Waals surface area contributed by atoms with Crippen molar-refractivity contribution in [3.8, 4) is 0 Å². The molecule has 0 radical (unpaired) electrons. The van der Waals surface area contributed by atoms with E-state index in [-0.39, 0.29) is 0 Å². The monoisotopic (exact) mass is 207 g/mol. The molecule has 0 spiro atoms. The minimum atomic E-state index is 0.632. The van der Waals surface area contributed by atoms with E-state index in [0.29, 0.717) is 12.4 Å². The summed E-state index contributed by atoms with van der Waals surface area (Å²) in [6, 6.07) is 0. The maximum Gasteiger partial charge on any atom is 0.223 e. The SMILES string of the molecule is Cc1nc(CNCC2CC=CCC2)no1. The fourth-order valence-corrected chi connectivity index (χ4v) is 1.84. The Labute approximate surface area is 89.8 Å². The van der Waals surface area contributed by atoms with Gasteiger partial charge < -0.3 is 9.84 Å². The zero-order valence-electron chi connectivity index (χ0n) is 9.07. The van der Waals surface area contributed by atoms with Gasteiger partial charge in [0.1, 0.15) is 0 Å². The van der Waals surface area contributed by atoms with E-state index in [0.717, 1.165) is 18.3 Å². The molecular weight excluding hydrogens is 190 g/mol. The quantitative estimate of drug-likeness (QED) is 0.765. The van der Waals surface area contributed by atoms with Crippen molar-refractivity contribution in [2.45, 2.75) is 32.7 Å². The molecule has 15 heavy (non-hydrogen) atoms. The van der Waals surface area contributed by atoms with E-state index in [2.05, 4.69) is 27.6 Å². The first-order chi connectivity index (χ1) is 7.34. The second kappa shape index (κ2) is 5.07. The van der Waals surface area contributed by atoms with Gasteiger partial charge >= 0.3 is 0 Å². The summed E-state index contributed by atoms with van der Waals surface area (Å²) in [5, 5.41) is 7.20. The number of hydrogen-bond donors (Lipinski definition) is 1. The first-order valence-corrected chi connectivity index (χ1v) is 5.49. The number of aryl methyl sites for hydroxylation is 1. The van der Waals surface area contributed by atoms with Gasteiger partial charge in [0.25, 0.3) is 0 Å². The molecule has 1 aromatic rings. The lowest BCUT2D eigenvalue weighted by atomic mass is 9.94. The third-order valence-electron chi connectivity index (χ3n) is 2.66. The lowest BCUT2D eigenvalue weighted by molar-refractivity contribution is 0.382. The van der Waals surface area contributed by atoms with Crippen molar-refractivity contribution < 1.29 is 4.52 Å². The zero-order chi connectivity index (χ0) is 10.5. The molecule has 0 saturated carbocycles. The molecule has 1 N–H and O–H groups in total. The normalized spacial score (nSPS) is 20.7. The number of rotatable bonds is 4. The van der Waals surface area contributed by atoms with Crippen molar-refractivity contribution in [3.63, 3.8) is 0 Å². The van der Waals surface area contributed by atoms with Crippen LogP contribution >= 0.6 is 0 Å². The molecule has 1 atom stereocenters. The number of hydrogen-bond acceptors (Lipinski definition) is 4. The van der Waals surface area contributed by atoms with Crippen LogP contribution in [0.15, 0.2) is 16.7 Å². The van der Waals surface area contributed by atoms with Crippen LogP contribution in [0.5, 0.6) is 0 Å². The van der Waals surface area contributed by atoms with E-state index >= 15 is 0 Å². The first kappa shape index (κ1) is 10.4. The molecule has 0 amide bonds. The molecule has 4 heteroatoms. The molecule has 4 nitrogen and oxygen atoms in total. The van der Waals surface area contributed by atoms with Gasteiger partial charge in [-0.2, -0.15) is 4.98 Å². The third-order valence-corrected chi connectivity index (χ3v) is 2.66. The van der Waals surface area contributed by atoms with Crippen LogP contribution in [-0.4, -0.2) is 16.7 Å². The summed E-state index contributed by atoms with van der Waals surface area (Å²) >= 11 is 0. The predicted octanol–water partition coefficient (Wildman–Crippen LogP) is 1.82. The summed E-state index contributed by atoms with van der Waals surface area (Å²) in [5.74, 6) is 2.15. The van der Waals surface area contributed by atoms with Gasteiger partial charge in [0.15, 0.2) is 5.82 Å². The van der Waals surface area contributed by atoms with Gasteiger partial charge in [0, 0.05) is 6.92 Å². The van der Waals surface area contributed by atoms with Crippen LogP contribution in [0.25, 0.3) is 0 Å². The molecule has 1 heterocycles. The predicted molar refractivity (Wildman–Crippen MR) is 57.2 cm³/mol. The highest BCUT2D eigenvalue weighted by atomic mass is 16.5. The van der Waals surface area contributed by atoms with Gasteiger partial charge in [-0.15, -0.1) is 0 Å². The molecule has 1 aliphatic rings. The average molecular weight is 207 g/mol. The summed E-state index contributed by atoms with van der Waals surface area (Å²) in [6.07, 6.45) is 8.23. The molecule has 0 saturated heterocycles. The highest BCUT2D eigenvalue weighted by Gasteiger charge is 2.09. The number of aromatic nitrogens is 2. The van der Waals surface area contributed by atoms with Crippen LogP contribution in [0, 0.1) is 12.8 Å². The van der Waals surface area contributed by atoms with Gasteiger partial charge in [0.2, 0.25) is 5.89 Å². The Balaban J connectivity index is 1.68. The van der Waals surface area contributed by atoms with Gasteiger partial charge in [0.05, 0.1) is 6.54 Å². The maximum atomic E-state index is 4.89. The van der Waals surface area contributed by atoms with Gasteiger partial charge in [-0.1, -0.05) is 17.3 Å². The third kappa shape index (κ3) is 3.16. The standard InChI is InChI=1S/C11H17N3O/c1-9-13-11(14-15-9)8-12-7-10-5-3-2-4-6-10/h2-3,10,12H,4-8H2,1H3.